The predicted molar refractivity (Wildman–Crippen MR) is 177 cm³/mol. The van der Waals surface area contributed by atoms with Gasteiger partial charge in [0, 0.05) is 35.8 Å². The second-order valence-electron chi connectivity index (χ2n) is 12.3. The van der Waals surface area contributed by atoms with Gasteiger partial charge in [0.2, 0.25) is 0 Å². The molecule has 0 bridgehead atoms. The monoisotopic (exact) mass is 542 g/mol. The second-order valence-corrected chi connectivity index (χ2v) is 12.3. The summed E-state index contributed by atoms with van der Waals surface area (Å²) < 4.78 is 4.55. The summed E-state index contributed by atoms with van der Waals surface area (Å²) in [5, 5.41) is 0. The van der Waals surface area contributed by atoms with E-state index in [0.29, 0.717) is 23.7 Å². The van der Waals surface area contributed by atoms with Gasteiger partial charge in [0.15, 0.2) is 0 Å². The summed E-state index contributed by atoms with van der Waals surface area (Å²) in [6.45, 7) is 2.19. The van der Waals surface area contributed by atoms with Crippen LogP contribution >= 0.6 is 0 Å². The Labute approximate surface area is 249 Å². The maximum atomic E-state index is 4.55. The molecular weight excluding hydrogens is 506 g/mol. The first-order valence-electron chi connectivity index (χ1n) is 15.6. The smallest absolute Gasteiger partial charge is 0.0920 e. The number of rotatable bonds is 4. The van der Waals surface area contributed by atoms with Gasteiger partial charge in [0.05, 0.1) is 5.56 Å². The lowest BCUT2D eigenvalue weighted by Gasteiger charge is -2.44. The Kier molecular flexibility index (Phi) is 6.28. The van der Waals surface area contributed by atoms with Crippen LogP contribution in [-0.2, 0) is 0 Å². The molecule has 1 aliphatic heterocycles. The van der Waals surface area contributed by atoms with E-state index in [1.807, 2.05) is 12.3 Å². The highest BCUT2D eigenvalue weighted by atomic mass is 14.6. The van der Waals surface area contributed by atoms with Crippen LogP contribution in [0.3, 0.4) is 0 Å². The SMILES string of the molecule is Cc1ccc(C2C3=C(CCC=C3)C(C3C=CC(c4cccc(C5=[N+]=CC=C5)c4)=C4C=CC=CC43)=C3CCC=CC32)cc1. The third-order valence-electron chi connectivity index (χ3n) is 9.92. The number of nitrogens with zero attached hydrogens (tertiary/aromatic N) is 1. The Bertz CT molecular complexity index is 1810. The van der Waals surface area contributed by atoms with Crippen molar-refractivity contribution >= 4 is 17.5 Å². The van der Waals surface area contributed by atoms with Crippen LogP contribution in [0.2, 0.25) is 0 Å². The van der Waals surface area contributed by atoms with E-state index in [-0.39, 0.29) is 0 Å². The average Bonchev–Trinajstić information content (AvgIpc) is 3.59. The average molecular weight is 543 g/mol. The Morgan fingerprint density at radius 2 is 1.57 bits per heavy atom. The maximum absolute atomic E-state index is 4.55. The van der Waals surface area contributed by atoms with Crippen LogP contribution in [0.25, 0.3) is 5.57 Å². The summed E-state index contributed by atoms with van der Waals surface area (Å²) in [6.07, 6.45) is 34.7. The van der Waals surface area contributed by atoms with Crippen LogP contribution in [0.1, 0.15) is 53.9 Å². The van der Waals surface area contributed by atoms with Gasteiger partial charge in [-0.1, -0.05) is 113 Å². The Morgan fingerprint density at radius 3 is 2.45 bits per heavy atom. The van der Waals surface area contributed by atoms with Gasteiger partial charge in [-0.3, -0.25) is 0 Å². The number of benzene rings is 2. The number of allylic oxidation sites excluding steroid dienone is 18. The van der Waals surface area contributed by atoms with Gasteiger partial charge in [-0.2, -0.15) is 0 Å². The fourth-order valence-corrected chi connectivity index (χ4v) is 8.03. The van der Waals surface area contributed by atoms with E-state index in [9.17, 15) is 0 Å². The van der Waals surface area contributed by atoms with Gasteiger partial charge in [-0.05, 0) is 83.7 Å². The van der Waals surface area contributed by atoms with Crippen molar-refractivity contribution < 1.29 is 0 Å². The summed E-state index contributed by atoms with van der Waals surface area (Å²) in [6, 6.07) is 18.2. The van der Waals surface area contributed by atoms with Crippen molar-refractivity contribution in [2.45, 2.75) is 38.5 Å². The molecule has 204 valence electrons. The highest BCUT2D eigenvalue weighted by Gasteiger charge is 2.41. The molecule has 1 heteroatoms. The molecule has 0 radical (unpaired) electrons. The number of hydrogen-bond donors (Lipinski definition) is 0. The molecular formula is C41H36N+. The molecule has 6 aliphatic rings. The fourth-order valence-electron chi connectivity index (χ4n) is 8.03. The minimum Gasteiger partial charge on any atom is -0.0920 e. The quantitative estimate of drug-likeness (QED) is 0.271. The molecule has 4 atom stereocenters. The minimum absolute atomic E-state index is 0.334. The summed E-state index contributed by atoms with van der Waals surface area (Å²) >= 11 is 0. The van der Waals surface area contributed by atoms with Crippen LogP contribution < -0.4 is 4.67 Å². The standard InChI is InChI=1S/C41H36N/c1-27-19-21-28(22-20-27)40-34-14-4-6-16-36(34)41(37-17-7-5-15-35(37)40)38-24-23-31(32-12-2-3-13-33(32)38)29-10-8-11-30(26-29)39-18-9-25-42-39/h2-5,8-15,18-26,33-34,38,40H,6-7,16-17H2,1H3/q+1. The molecule has 2 aromatic rings. The topological polar surface area (TPSA) is 14.1 Å². The molecule has 0 saturated heterocycles. The minimum atomic E-state index is 0.334. The summed E-state index contributed by atoms with van der Waals surface area (Å²) in [7, 11) is 0. The van der Waals surface area contributed by atoms with Crippen molar-refractivity contribution in [3.8, 4) is 0 Å². The molecule has 8 rings (SSSR count). The molecule has 4 unspecified atom stereocenters. The predicted octanol–water partition coefficient (Wildman–Crippen LogP) is 8.88. The van der Waals surface area contributed by atoms with E-state index in [1.165, 1.54) is 33.4 Å². The largest absolute Gasteiger partial charge is 0.334 e. The molecule has 1 nitrogen and oxygen atoms in total. The van der Waals surface area contributed by atoms with Crippen LogP contribution in [0.5, 0.6) is 0 Å². The fraction of sp³-hybridized carbons (Fsp3) is 0.220. The zero-order valence-corrected chi connectivity index (χ0v) is 24.2. The zero-order valence-electron chi connectivity index (χ0n) is 24.2. The third kappa shape index (κ3) is 4.20. The second kappa shape index (κ2) is 10.4. The first-order valence-corrected chi connectivity index (χ1v) is 15.6. The molecule has 0 amide bonds. The van der Waals surface area contributed by atoms with Gasteiger partial charge in [-0.25, -0.2) is 0 Å². The molecule has 0 fully saturated rings. The highest BCUT2D eigenvalue weighted by Crippen LogP contribution is 2.55. The maximum Gasteiger partial charge on any atom is 0.334 e. The van der Waals surface area contributed by atoms with Crippen molar-refractivity contribution in [1.82, 2.24) is 4.67 Å². The van der Waals surface area contributed by atoms with Crippen LogP contribution in [0.15, 0.2) is 149 Å². The highest BCUT2D eigenvalue weighted by molar-refractivity contribution is 6.13. The van der Waals surface area contributed by atoms with Gasteiger partial charge in [0.25, 0.3) is 6.21 Å². The van der Waals surface area contributed by atoms with Gasteiger partial charge in [-0.15, -0.1) is 0 Å². The first kappa shape index (κ1) is 25.3. The lowest BCUT2D eigenvalue weighted by molar-refractivity contribution is 0.526. The number of aryl methyl sites for hydroxylation is 1. The lowest BCUT2D eigenvalue weighted by Crippen LogP contribution is -2.30. The molecule has 2 aromatic carbocycles. The van der Waals surface area contributed by atoms with Crippen molar-refractivity contribution in [3.05, 3.63) is 172 Å². The van der Waals surface area contributed by atoms with Crippen molar-refractivity contribution in [2.24, 2.45) is 17.8 Å². The third-order valence-corrected chi connectivity index (χ3v) is 9.92. The Balaban J connectivity index is 1.25. The molecule has 1 heterocycles. The van der Waals surface area contributed by atoms with E-state index in [2.05, 4.69) is 127 Å². The molecule has 42 heavy (non-hydrogen) atoms. The molecule has 0 N–H and O–H groups in total. The molecule has 5 aliphatic carbocycles. The van der Waals surface area contributed by atoms with E-state index in [4.69, 9.17) is 0 Å². The first-order chi connectivity index (χ1) is 20.8. The van der Waals surface area contributed by atoms with Crippen LogP contribution in [0.4, 0.5) is 0 Å². The Hall–Kier alpha value is -4.45. The van der Waals surface area contributed by atoms with Gasteiger partial charge >= 0.3 is 5.71 Å². The Morgan fingerprint density at radius 1 is 0.690 bits per heavy atom. The van der Waals surface area contributed by atoms with E-state index in [1.54, 1.807) is 22.3 Å². The van der Waals surface area contributed by atoms with Crippen LogP contribution in [-0.4, -0.2) is 11.9 Å². The zero-order chi connectivity index (χ0) is 28.0. The van der Waals surface area contributed by atoms with Crippen LogP contribution in [0, 0.1) is 24.7 Å². The van der Waals surface area contributed by atoms with E-state index >= 15 is 0 Å². The van der Waals surface area contributed by atoms with E-state index in [0.717, 1.165) is 31.4 Å². The van der Waals surface area contributed by atoms with Gasteiger partial charge in [0.1, 0.15) is 0 Å². The molecule has 0 spiro atoms. The summed E-state index contributed by atoms with van der Waals surface area (Å²) in [4.78, 5) is 0. The number of hydrogen-bond acceptors (Lipinski definition) is 0. The lowest BCUT2D eigenvalue weighted by atomic mass is 9.60. The summed E-state index contributed by atoms with van der Waals surface area (Å²) in [5.74, 6) is 1.52. The van der Waals surface area contributed by atoms with Crippen molar-refractivity contribution in [3.63, 3.8) is 0 Å². The van der Waals surface area contributed by atoms with E-state index < -0.39 is 0 Å². The normalized spacial score (nSPS) is 27.0. The number of fused-ring (bicyclic) bond motifs is 2. The molecule has 0 aromatic heterocycles. The van der Waals surface area contributed by atoms with Crippen molar-refractivity contribution in [2.75, 3.05) is 0 Å². The molecule has 0 saturated carbocycles. The van der Waals surface area contributed by atoms with Gasteiger partial charge < -0.3 is 0 Å². The van der Waals surface area contributed by atoms with Crippen molar-refractivity contribution in [1.29, 1.82) is 0 Å². The summed E-state index contributed by atoms with van der Waals surface area (Å²) in [5.41, 5.74) is 15.5.